The van der Waals surface area contributed by atoms with Gasteiger partial charge in [0.2, 0.25) is 0 Å². The van der Waals surface area contributed by atoms with E-state index >= 15 is 0 Å². The molecule has 0 bridgehead atoms. The molecule has 0 unspecified atom stereocenters. The van der Waals surface area contributed by atoms with Gasteiger partial charge in [0.05, 0.1) is 6.20 Å². The zero-order chi connectivity index (χ0) is 13.9. The maximum atomic E-state index is 12.4. The second kappa shape index (κ2) is 5.50. The topological polar surface area (TPSA) is 74.7 Å². The highest BCUT2D eigenvalue weighted by atomic mass is 16.2. The number of nitrogens with one attached hydrogen (secondary N) is 3. The lowest BCUT2D eigenvalue weighted by Crippen LogP contribution is -2.31. The quantitative estimate of drug-likeness (QED) is 0.796. The molecule has 6 nitrogen and oxygen atoms in total. The summed E-state index contributed by atoms with van der Waals surface area (Å²) in [6.07, 6.45) is 5.79. The van der Waals surface area contributed by atoms with E-state index in [1.165, 1.54) is 0 Å². The van der Waals surface area contributed by atoms with Crippen LogP contribution in [0, 0.1) is 6.92 Å². The van der Waals surface area contributed by atoms with Gasteiger partial charge < -0.3 is 15.2 Å². The Morgan fingerprint density at radius 2 is 2.25 bits per heavy atom. The number of rotatable bonds is 3. The van der Waals surface area contributed by atoms with Crippen LogP contribution in [0.15, 0.2) is 24.5 Å². The molecule has 2 aromatic heterocycles. The number of carbonyl (C=O) groups is 1. The van der Waals surface area contributed by atoms with E-state index in [0.29, 0.717) is 17.6 Å². The highest BCUT2D eigenvalue weighted by Crippen LogP contribution is 2.22. The average molecular weight is 273 g/mol. The highest BCUT2D eigenvalue weighted by Gasteiger charge is 2.20. The number of anilines is 1. The number of piperidine rings is 1. The molecule has 3 heterocycles. The van der Waals surface area contributed by atoms with Crippen LogP contribution in [-0.4, -0.2) is 33.8 Å². The first kappa shape index (κ1) is 12.9. The van der Waals surface area contributed by atoms with Crippen LogP contribution >= 0.6 is 0 Å². The van der Waals surface area contributed by atoms with Crippen molar-refractivity contribution < 1.29 is 4.79 Å². The van der Waals surface area contributed by atoms with Gasteiger partial charge in [0.1, 0.15) is 11.5 Å². The predicted octanol–water partition coefficient (Wildman–Crippen LogP) is 1.70. The Morgan fingerprint density at radius 1 is 1.45 bits per heavy atom. The van der Waals surface area contributed by atoms with E-state index in [-0.39, 0.29) is 5.91 Å². The van der Waals surface area contributed by atoms with Gasteiger partial charge >= 0.3 is 0 Å². The lowest BCUT2D eigenvalue weighted by molar-refractivity contribution is 0.101. The van der Waals surface area contributed by atoms with Crippen molar-refractivity contribution in [1.29, 1.82) is 0 Å². The first-order valence-electron chi connectivity index (χ1n) is 6.94. The second-order valence-corrected chi connectivity index (χ2v) is 5.16. The summed E-state index contributed by atoms with van der Waals surface area (Å²) in [7, 11) is 0. The van der Waals surface area contributed by atoms with Crippen molar-refractivity contribution in [1.82, 2.24) is 20.1 Å². The minimum absolute atomic E-state index is 0.0964. The molecule has 1 aliphatic rings. The molecule has 0 saturated carbocycles. The predicted molar refractivity (Wildman–Crippen MR) is 76.9 cm³/mol. The van der Waals surface area contributed by atoms with E-state index in [2.05, 4.69) is 25.4 Å². The molecule has 0 spiro atoms. The number of aromatic amines is 1. The van der Waals surface area contributed by atoms with E-state index in [1.54, 1.807) is 6.20 Å². The number of amides is 1. The van der Waals surface area contributed by atoms with Gasteiger partial charge in [-0.05, 0) is 45.0 Å². The molecular weight excluding hydrogens is 254 g/mol. The van der Waals surface area contributed by atoms with Crippen LogP contribution < -0.4 is 10.6 Å². The van der Waals surface area contributed by atoms with Crippen molar-refractivity contribution in [2.45, 2.75) is 25.8 Å². The molecule has 0 aromatic carbocycles. The molecule has 1 saturated heterocycles. The van der Waals surface area contributed by atoms with Gasteiger partial charge in [0.25, 0.3) is 5.91 Å². The Hall–Kier alpha value is -2.08. The van der Waals surface area contributed by atoms with E-state index in [1.807, 2.05) is 25.3 Å². The van der Waals surface area contributed by atoms with E-state index in [0.717, 1.165) is 31.5 Å². The summed E-state index contributed by atoms with van der Waals surface area (Å²) in [4.78, 5) is 12.4. The fourth-order valence-electron chi connectivity index (χ4n) is 2.64. The van der Waals surface area contributed by atoms with Gasteiger partial charge in [0.15, 0.2) is 0 Å². The molecule has 6 heteroatoms. The van der Waals surface area contributed by atoms with Gasteiger partial charge in [0, 0.05) is 17.8 Å². The third kappa shape index (κ3) is 2.46. The number of nitrogens with zero attached hydrogens (tertiary/aromatic N) is 2. The monoisotopic (exact) mass is 273 g/mol. The number of carbonyl (C=O) groups excluding carboxylic acids is 1. The molecule has 0 radical (unpaired) electrons. The smallest absolute Gasteiger partial charge is 0.273 e. The van der Waals surface area contributed by atoms with Crippen LogP contribution in [0.4, 0.5) is 5.82 Å². The Bertz CT molecular complexity index is 594. The van der Waals surface area contributed by atoms with Crippen LogP contribution in [0.1, 0.15) is 34.9 Å². The van der Waals surface area contributed by atoms with Crippen molar-refractivity contribution in [2.24, 2.45) is 0 Å². The van der Waals surface area contributed by atoms with Crippen LogP contribution in [0.3, 0.4) is 0 Å². The van der Waals surface area contributed by atoms with Gasteiger partial charge in [-0.25, -0.2) is 0 Å². The first-order valence-corrected chi connectivity index (χ1v) is 6.94. The van der Waals surface area contributed by atoms with Crippen molar-refractivity contribution >= 4 is 11.7 Å². The minimum Gasteiger partial charge on any atom is -0.340 e. The van der Waals surface area contributed by atoms with Gasteiger partial charge in [-0.3, -0.25) is 9.89 Å². The molecule has 0 atom stereocenters. The van der Waals surface area contributed by atoms with Crippen LogP contribution in [-0.2, 0) is 0 Å². The summed E-state index contributed by atoms with van der Waals surface area (Å²) in [5.74, 6) is 0.564. The van der Waals surface area contributed by atoms with Gasteiger partial charge in [-0.2, -0.15) is 5.10 Å². The summed E-state index contributed by atoms with van der Waals surface area (Å²) >= 11 is 0. The summed E-state index contributed by atoms with van der Waals surface area (Å²) in [5, 5.41) is 12.9. The molecule has 106 valence electrons. The molecule has 20 heavy (non-hydrogen) atoms. The zero-order valence-corrected chi connectivity index (χ0v) is 11.5. The van der Waals surface area contributed by atoms with Crippen molar-refractivity contribution in [2.75, 3.05) is 18.4 Å². The van der Waals surface area contributed by atoms with Crippen LogP contribution in [0.5, 0.6) is 0 Å². The third-order valence-corrected chi connectivity index (χ3v) is 3.78. The summed E-state index contributed by atoms with van der Waals surface area (Å²) in [6, 6.07) is 4.19. The summed E-state index contributed by atoms with van der Waals surface area (Å²) in [5.41, 5.74) is 1.63. The fraction of sp³-hybridized carbons (Fsp3) is 0.429. The molecular formula is C14H19N5O. The minimum atomic E-state index is -0.0964. The Kier molecular flexibility index (Phi) is 3.56. The second-order valence-electron chi connectivity index (χ2n) is 5.16. The largest absolute Gasteiger partial charge is 0.340 e. The summed E-state index contributed by atoms with van der Waals surface area (Å²) in [6.45, 7) is 3.91. The molecule has 3 rings (SSSR count). The zero-order valence-electron chi connectivity index (χ0n) is 11.5. The van der Waals surface area contributed by atoms with Crippen molar-refractivity contribution in [3.8, 4) is 0 Å². The molecule has 1 aliphatic heterocycles. The van der Waals surface area contributed by atoms with E-state index in [9.17, 15) is 4.79 Å². The molecule has 3 N–H and O–H groups in total. The Morgan fingerprint density at radius 3 is 2.95 bits per heavy atom. The normalized spacial score (nSPS) is 16.2. The number of hydrogen-bond acceptors (Lipinski definition) is 3. The fourth-order valence-corrected chi connectivity index (χ4v) is 2.64. The standard InChI is InChI=1S/C14H19N5O/c1-10-9-16-18-13(10)17-14(20)12-3-2-8-19(12)11-4-6-15-7-5-11/h2-3,8-9,11,15H,4-7H2,1H3,(H2,16,17,18,20). The average Bonchev–Trinajstić information content (AvgIpc) is 3.09. The molecule has 2 aromatic rings. The number of aromatic nitrogens is 3. The number of hydrogen-bond donors (Lipinski definition) is 3. The maximum Gasteiger partial charge on any atom is 0.273 e. The van der Waals surface area contributed by atoms with E-state index < -0.39 is 0 Å². The molecule has 1 amide bonds. The van der Waals surface area contributed by atoms with Crippen molar-refractivity contribution in [3.05, 3.63) is 35.8 Å². The van der Waals surface area contributed by atoms with Gasteiger partial charge in [-0.1, -0.05) is 0 Å². The van der Waals surface area contributed by atoms with E-state index in [4.69, 9.17) is 0 Å². The lowest BCUT2D eigenvalue weighted by Gasteiger charge is -2.25. The third-order valence-electron chi connectivity index (χ3n) is 3.78. The number of H-pyrrole nitrogens is 1. The Balaban J connectivity index is 1.78. The maximum absolute atomic E-state index is 12.4. The van der Waals surface area contributed by atoms with Crippen LogP contribution in [0.25, 0.3) is 0 Å². The molecule has 1 fully saturated rings. The lowest BCUT2D eigenvalue weighted by atomic mass is 10.1. The SMILES string of the molecule is Cc1cn[nH]c1NC(=O)c1cccn1C1CCNCC1. The highest BCUT2D eigenvalue weighted by molar-refractivity contribution is 6.03. The van der Waals surface area contributed by atoms with Gasteiger partial charge in [-0.15, -0.1) is 0 Å². The first-order chi connectivity index (χ1) is 9.75. The Labute approximate surface area is 117 Å². The number of aryl methyl sites for hydroxylation is 1. The van der Waals surface area contributed by atoms with Crippen molar-refractivity contribution in [3.63, 3.8) is 0 Å². The molecule has 0 aliphatic carbocycles. The summed E-state index contributed by atoms with van der Waals surface area (Å²) < 4.78 is 2.09. The van der Waals surface area contributed by atoms with Crippen LogP contribution in [0.2, 0.25) is 0 Å².